The molecule has 1 atom stereocenters. The Bertz CT molecular complexity index is 161. The van der Waals surface area contributed by atoms with E-state index in [9.17, 15) is 8.78 Å². The highest BCUT2D eigenvalue weighted by molar-refractivity contribution is 4.75. The van der Waals surface area contributed by atoms with Crippen molar-refractivity contribution in [2.45, 2.75) is 51.2 Å². The fourth-order valence-corrected chi connectivity index (χ4v) is 2.34. The quantitative estimate of drug-likeness (QED) is 0.744. The summed E-state index contributed by atoms with van der Waals surface area (Å²) in [7, 11) is 1.83. The van der Waals surface area contributed by atoms with E-state index >= 15 is 0 Å². The summed E-state index contributed by atoms with van der Waals surface area (Å²) < 4.78 is 29.2. The van der Waals surface area contributed by atoms with Crippen molar-refractivity contribution in [1.29, 1.82) is 0 Å². The largest absolute Gasteiger partial charge is 0.345 e. The molecule has 0 spiro atoms. The van der Waals surface area contributed by atoms with Gasteiger partial charge in [0.05, 0.1) is 6.10 Å². The van der Waals surface area contributed by atoms with Crippen molar-refractivity contribution in [3.63, 3.8) is 0 Å². The maximum atomic E-state index is 12.2. The first-order valence-electron chi connectivity index (χ1n) is 5.82. The Hall–Kier alpha value is -0.220. The lowest BCUT2D eigenvalue weighted by molar-refractivity contribution is -0.180. The van der Waals surface area contributed by atoms with Crippen molar-refractivity contribution in [2.75, 3.05) is 13.6 Å². The topological polar surface area (TPSA) is 21.3 Å². The predicted molar refractivity (Wildman–Crippen MR) is 56.0 cm³/mol. The van der Waals surface area contributed by atoms with Crippen LogP contribution in [0.2, 0.25) is 0 Å². The molecule has 1 saturated carbocycles. The molecule has 4 heteroatoms. The van der Waals surface area contributed by atoms with Gasteiger partial charge in [0, 0.05) is 0 Å². The van der Waals surface area contributed by atoms with Crippen LogP contribution in [0.25, 0.3) is 0 Å². The van der Waals surface area contributed by atoms with Gasteiger partial charge in [-0.2, -0.15) is 8.78 Å². The van der Waals surface area contributed by atoms with Gasteiger partial charge >= 0.3 is 6.61 Å². The van der Waals surface area contributed by atoms with Crippen molar-refractivity contribution in [1.82, 2.24) is 5.32 Å². The van der Waals surface area contributed by atoms with Crippen LogP contribution < -0.4 is 5.32 Å². The lowest BCUT2D eigenvalue weighted by Crippen LogP contribution is -2.30. The zero-order chi connectivity index (χ0) is 11.1. The van der Waals surface area contributed by atoms with Crippen molar-refractivity contribution < 1.29 is 13.5 Å². The normalized spacial score (nSPS) is 20.8. The average molecular weight is 221 g/mol. The molecule has 0 saturated heterocycles. The second-order valence-corrected chi connectivity index (χ2v) is 4.23. The van der Waals surface area contributed by atoms with E-state index in [4.69, 9.17) is 4.74 Å². The zero-order valence-corrected chi connectivity index (χ0v) is 9.35. The molecule has 15 heavy (non-hydrogen) atoms. The Morgan fingerprint density at radius 3 is 2.47 bits per heavy atom. The minimum Gasteiger partial charge on any atom is -0.320 e. The van der Waals surface area contributed by atoms with Crippen LogP contribution in [-0.4, -0.2) is 26.3 Å². The van der Waals surface area contributed by atoms with E-state index in [0.717, 1.165) is 32.2 Å². The fraction of sp³-hybridized carbons (Fsp3) is 1.00. The molecule has 0 aliphatic heterocycles. The van der Waals surface area contributed by atoms with Gasteiger partial charge in [-0.05, 0) is 38.8 Å². The Balaban J connectivity index is 2.37. The molecular formula is C11H21F2NO. The first-order valence-corrected chi connectivity index (χ1v) is 5.82. The van der Waals surface area contributed by atoms with E-state index in [2.05, 4.69) is 5.32 Å². The van der Waals surface area contributed by atoms with E-state index in [-0.39, 0.29) is 6.10 Å². The molecule has 1 aliphatic carbocycles. The molecule has 0 aromatic rings. The van der Waals surface area contributed by atoms with Crippen LogP contribution in [-0.2, 0) is 4.74 Å². The van der Waals surface area contributed by atoms with Gasteiger partial charge in [-0.25, -0.2) is 0 Å². The summed E-state index contributed by atoms with van der Waals surface area (Å²) in [6, 6.07) is 0. The molecule has 2 nitrogen and oxygen atoms in total. The fourth-order valence-electron chi connectivity index (χ4n) is 2.34. The molecule has 0 bridgehead atoms. The minimum absolute atomic E-state index is 0.266. The van der Waals surface area contributed by atoms with Crippen molar-refractivity contribution in [3.8, 4) is 0 Å². The van der Waals surface area contributed by atoms with E-state index in [1.165, 1.54) is 6.42 Å². The molecule has 1 fully saturated rings. The third-order valence-corrected chi connectivity index (χ3v) is 3.13. The molecule has 0 aromatic heterocycles. The molecular weight excluding hydrogens is 200 g/mol. The SMILES string of the molecule is CNCCC(OC(F)F)C1CCCCC1. The monoisotopic (exact) mass is 221 g/mol. The second-order valence-electron chi connectivity index (χ2n) is 4.23. The Kier molecular flexibility index (Phi) is 6.10. The number of hydrogen-bond donors (Lipinski definition) is 1. The van der Waals surface area contributed by atoms with Gasteiger partial charge in [-0.3, -0.25) is 0 Å². The average Bonchev–Trinajstić information content (AvgIpc) is 2.25. The van der Waals surface area contributed by atoms with E-state index < -0.39 is 6.61 Å². The van der Waals surface area contributed by atoms with Crippen LogP contribution in [0.1, 0.15) is 38.5 Å². The van der Waals surface area contributed by atoms with Gasteiger partial charge in [-0.1, -0.05) is 19.3 Å². The molecule has 1 aliphatic rings. The molecule has 0 amide bonds. The highest BCUT2D eigenvalue weighted by atomic mass is 19.3. The number of hydrogen-bond acceptors (Lipinski definition) is 2. The Morgan fingerprint density at radius 2 is 1.93 bits per heavy atom. The van der Waals surface area contributed by atoms with Crippen molar-refractivity contribution >= 4 is 0 Å². The van der Waals surface area contributed by atoms with E-state index in [0.29, 0.717) is 12.3 Å². The molecule has 0 aromatic carbocycles. The number of rotatable bonds is 6. The number of halogens is 2. The number of alkyl halides is 2. The first-order chi connectivity index (χ1) is 7.24. The highest BCUT2D eigenvalue weighted by Gasteiger charge is 2.26. The summed E-state index contributed by atoms with van der Waals surface area (Å²) >= 11 is 0. The van der Waals surface area contributed by atoms with Gasteiger partial charge in [-0.15, -0.1) is 0 Å². The summed E-state index contributed by atoms with van der Waals surface area (Å²) in [5.41, 5.74) is 0. The molecule has 1 unspecified atom stereocenters. The Morgan fingerprint density at radius 1 is 1.27 bits per heavy atom. The smallest absolute Gasteiger partial charge is 0.320 e. The highest BCUT2D eigenvalue weighted by Crippen LogP contribution is 2.30. The Labute approximate surface area is 90.4 Å². The maximum Gasteiger partial charge on any atom is 0.345 e. The number of ether oxygens (including phenoxy) is 1. The van der Waals surface area contributed by atoms with E-state index in [1.807, 2.05) is 7.05 Å². The van der Waals surface area contributed by atoms with Crippen molar-refractivity contribution in [3.05, 3.63) is 0 Å². The van der Waals surface area contributed by atoms with Crippen LogP contribution in [0.4, 0.5) is 8.78 Å². The second kappa shape index (κ2) is 7.12. The molecule has 90 valence electrons. The number of nitrogens with one attached hydrogen (secondary N) is 1. The van der Waals surface area contributed by atoms with Crippen LogP contribution in [0.15, 0.2) is 0 Å². The summed E-state index contributed by atoms with van der Waals surface area (Å²) in [5.74, 6) is 0.334. The van der Waals surface area contributed by atoms with Gasteiger partial charge in [0.15, 0.2) is 0 Å². The minimum atomic E-state index is -2.63. The summed E-state index contributed by atoms with van der Waals surface area (Å²) in [6.45, 7) is -1.89. The standard InChI is InChI=1S/C11H21F2NO/c1-14-8-7-10(15-11(12)13)9-5-3-2-4-6-9/h9-11,14H,2-8H2,1H3. The third-order valence-electron chi connectivity index (χ3n) is 3.13. The molecule has 0 heterocycles. The third kappa shape index (κ3) is 4.89. The van der Waals surface area contributed by atoms with Crippen LogP contribution in [0, 0.1) is 5.92 Å². The van der Waals surface area contributed by atoms with Crippen LogP contribution in [0.5, 0.6) is 0 Å². The van der Waals surface area contributed by atoms with Crippen LogP contribution in [0.3, 0.4) is 0 Å². The summed E-state index contributed by atoms with van der Waals surface area (Å²) in [6.07, 6.45) is 6.07. The van der Waals surface area contributed by atoms with Crippen LogP contribution >= 0.6 is 0 Å². The van der Waals surface area contributed by atoms with Gasteiger partial charge < -0.3 is 10.1 Å². The lowest BCUT2D eigenvalue weighted by Gasteiger charge is -2.30. The van der Waals surface area contributed by atoms with Gasteiger partial charge in [0.2, 0.25) is 0 Å². The summed E-state index contributed by atoms with van der Waals surface area (Å²) in [5, 5.41) is 2.99. The van der Waals surface area contributed by atoms with Gasteiger partial charge in [0.25, 0.3) is 0 Å². The first kappa shape index (κ1) is 12.8. The van der Waals surface area contributed by atoms with Crippen molar-refractivity contribution in [2.24, 2.45) is 5.92 Å². The van der Waals surface area contributed by atoms with Gasteiger partial charge in [0.1, 0.15) is 0 Å². The maximum absolute atomic E-state index is 12.2. The summed E-state index contributed by atoms with van der Waals surface area (Å²) in [4.78, 5) is 0. The zero-order valence-electron chi connectivity index (χ0n) is 9.35. The molecule has 0 radical (unpaired) electrons. The van der Waals surface area contributed by atoms with E-state index in [1.54, 1.807) is 0 Å². The molecule has 1 N–H and O–H groups in total. The lowest BCUT2D eigenvalue weighted by atomic mass is 9.84. The predicted octanol–water partition coefficient (Wildman–Crippen LogP) is 2.78. The molecule has 1 rings (SSSR count).